The van der Waals surface area contributed by atoms with Gasteiger partial charge in [-0.3, -0.25) is 9.36 Å². The smallest absolute Gasteiger partial charge is 0.285 e. The number of benzene rings is 1. The molecule has 0 saturated carbocycles. The highest BCUT2D eigenvalue weighted by atomic mass is 16.1. The summed E-state index contributed by atoms with van der Waals surface area (Å²) in [7, 11) is 0. The van der Waals surface area contributed by atoms with Crippen molar-refractivity contribution in [2.75, 3.05) is 13.1 Å². The number of carbonyl (C=O) groups excluding carboxylic acids is 1. The summed E-state index contributed by atoms with van der Waals surface area (Å²) in [6, 6.07) is 5.96. The molecule has 0 radical (unpaired) electrons. The molecule has 4 rings (SSSR count). The van der Waals surface area contributed by atoms with Gasteiger partial charge < -0.3 is 11.1 Å². The zero-order chi connectivity index (χ0) is 15.8. The Kier molecular flexibility index (Phi) is 3.30. The Labute approximate surface area is 132 Å². The standard InChI is InChI=1S/C15H17N7O/c16-13(23)14-20-12-10(9-3-2-6-17-7-9)4-1-5-11(12)22(14)15-18-8-19-21-15/h1,4-5,8-9,17H,2-3,6-7H2,(H2,16,23)(H,18,19,21). The minimum absolute atomic E-state index is 0.160. The van der Waals surface area contributed by atoms with Gasteiger partial charge >= 0.3 is 0 Å². The quantitative estimate of drug-likeness (QED) is 0.659. The van der Waals surface area contributed by atoms with Crippen LogP contribution in [0.4, 0.5) is 0 Å². The molecule has 0 spiro atoms. The van der Waals surface area contributed by atoms with Gasteiger partial charge in [-0.25, -0.2) is 10.1 Å². The van der Waals surface area contributed by atoms with E-state index in [-0.39, 0.29) is 5.82 Å². The molecule has 1 aliphatic heterocycles. The third kappa shape index (κ3) is 2.27. The van der Waals surface area contributed by atoms with Gasteiger partial charge in [0.1, 0.15) is 6.33 Å². The molecule has 1 saturated heterocycles. The number of rotatable bonds is 3. The fourth-order valence-electron chi connectivity index (χ4n) is 3.25. The van der Waals surface area contributed by atoms with Crippen LogP contribution in [0.15, 0.2) is 24.5 Å². The highest BCUT2D eigenvalue weighted by molar-refractivity contribution is 5.95. The van der Waals surface area contributed by atoms with Crippen LogP contribution in [-0.2, 0) is 0 Å². The molecule has 1 fully saturated rings. The lowest BCUT2D eigenvalue weighted by atomic mass is 9.91. The second-order valence-corrected chi connectivity index (χ2v) is 5.70. The molecular formula is C15H17N7O. The zero-order valence-corrected chi connectivity index (χ0v) is 12.5. The van der Waals surface area contributed by atoms with Crippen molar-refractivity contribution in [1.29, 1.82) is 0 Å². The number of nitrogens with one attached hydrogen (secondary N) is 2. The number of fused-ring (bicyclic) bond motifs is 1. The van der Waals surface area contributed by atoms with Crippen LogP contribution in [0.5, 0.6) is 0 Å². The summed E-state index contributed by atoms with van der Waals surface area (Å²) in [5.74, 6) is 0.379. The van der Waals surface area contributed by atoms with Crippen LogP contribution in [0.2, 0.25) is 0 Å². The first-order chi connectivity index (χ1) is 11.3. The Morgan fingerprint density at radius 1 is 1.39 bits per heavy atom. The number of hydrogen-bond donors (Lipinski definition) is 3. The number of para-hydroxylation sites is 1. The highest BCUT2D eigenvalue weighted by Crippen LogP contribution is 2.30. The summed E-state index contributed by atoms with van der Waals surface area (Å²) in [6.45, 7) is 1.96. The molecule has 8 nitrogen and oxygen atoms in total. The number of imidazole rings is 1. The molecular weight excluding hydrogens is 294 g/mol. The summed E-state index contributed by atoms with van der Waals surface area (Å²) >= 11 is 0. The Balaban J connectivity index is 1.95. The van der Waals surface area contributed by atoms with Crippen molar-refractivity contribution in [3.8, 4) is 5.95 Å². The highest BCUT2D eigenvalue weighted by Gasteiger charge is 2.24. The zero-order valence-electron chi connectivity index (χ0n) is 12.5. The molecule has 1 unspecified atom stereocenters. The van der Waals surface area contributed by atoms with Crippen LogP contribution >= 0.6 is 0 Å². The number of aromatic nitrogens is 5. The number of amides is 1. The van der Waals surface area contributed by atoms with Crippen LogP contribution in [-0.4, -0.2) is 43.7 Å². The largest absolute Gasteiger partial charge is 0.363 e. The Morgan fingerprint density at radius 3 is 3.00 bits per heavy atom. The average Bonchev–Trinajstić information content (AvgIpc) is 3.22. The van der Waals surface area contributed by atoms with E-state index in [1.165, 1.54) is 6.33 Å². The van der Waals surface area contributed by atoms with Crippen LogP contribution in [0, 0.1) is 0 Å². The first kappa shape index (κ1) is 13.9. The van der Waals surface area contributed by atoms with E-state index >= 15 is 0 Å². The van der Waals surface area contributed by atoms with Gasteiger partial charge in [-0.15, -0.1) is 0 Å². The number of aromatic amines is 1. The summed E-state index contributed by atoms with van der Waals surface area (Å²) in [4.78, 5) is 20.5. The van der Waals surface area contributed by atoms with Crippen LogP contribution in [0.25, 0.3) is 17.0 Å². The number of primary amides is 1. The number of carbonyl (C=O) groups is 1. The molecule has 1 amide bonds. The molecule has 1 atom stereocenters. The monoisotopic (exact) mass is 311 g/mol. The minimum Gasteiger partial charge on any atom is -0.363 e. The number of nitrogens with zero attached hydrogens (tertiary/aromatic N) is 4. The number of hydrogen-bond acceptors (Lipinski definition) is 5. The lowest BCUT2D eigenvalue weighted by Gasteiger charge is -2.23. The fourth-order valence-corrected chi connectivity index (χ4v) is 3.25. The van der Waals surface area contributed by atoms with E-state index in [9.17, 15) is 4.79 Å². The molecule has 2 aromatic heterocycles. The van der Waals surface area contributed by atoms with Crippen LogP contribution in [0.1, 0.15) is 34.9 Å². The van der Waals surface area contributed by atoms with E-state index in [1.807, 2.05) is 12.1 Å². The van der Waals surface area contributed by atoms with Gasteiger partial charge in [0, 0.05) is 6.54 Å². The van der Waals surface area contributed by atoms with Gasteiger partial charge in [-0.2, -0.15) is 10.1 Å². The molecule has 1 aromatic carbocycles. The molecule has 3 heterocycles. The molecule has 4 N–H and O–H groups in total. The second-order valence-electron chi connectivity index (χ2n) is 5.70. The van der Waals surface area contributed by atoms with Gasteiger partial charge in [0.05, 0.1) is 11.0 Å². The van der Waals surface area contributed by atoms with Crippen molar-refractivity contribution in [3.63, 3.8) is 0 Å². The van der Waals surface area contributed by atoms with Crippen molar-refractivity contribution in [2.45, 2.75) is 18.8 Å². The van der Waals surface area contributed by atoms with E-state index in [1.54, 1.807) is 4.57 Å². The molecule has 8 heteroatoms. The normalized spacial score (nSPS) is 18.3. The third-order valence-electron chi connectivity index (χ3n) is 4.29. The lowest BCUT2D eigenvalue weighted by molar-refractivity contribution is 0.0989. The molecule has 0 bridgehead atoms. The Bertz CT molecular complexity index is 846. The first-order valence-corrected chi connectivity index (χ1v) is 7.63. The predicted molar refractivity (Wildman–Crippen MR) is 84.4 cm³/mol. The summed E-state index contributed by atoms with van der Waals surface area (Å²) in [5, 5.41) is 10.0. The van der Waals surface area contributed by atoms with Gasteiger partial charge in [0.15, 0.2) is 0 Å². The van der Waals surface area contributed by atoms with E-state index < -0.39 is 5.91 Å². The molecule has 23 heavy (non-hydrogen) atoms. The first-order valence-electron chi connectivity index (χ1n) is 7.63. The number of nitrogens with two attached hydrogens (primary N) is 1. The van der Waals surface area contributed by atoms with Crippen LogP contribution in [0.3, 0.4) is 0 Å². The van der Waals surface area contributed by atoms with Crippen molar-refractivity contribution < 1.29 is 4.79 Å². The number of H-pyrrole nitrogens is 1. The molecule has 118 valence electrons. The predicted octanol–water partition coefficient (Wildman–Crippen LogP) is 0.709. The summed E-state index contributed by atoms with van der Waals surface area (Å²) < 4.78 is 1.63. The molecule has 3 aromatic rings. The maximum Gasteiger partial charge on any atom is 0.285 e. The van der Waals surface area contributed by atoms with Crippen molar-refractivity contribution in [3.05, 3.63) is 35.9 Å². The minimum atomic E-state index is -0.592. The Morgan fingerprint density at radius 2 is 2.30 bits per heavy atom. The maximum atomic E-state index is 11.8. The fraction of sp³-hybridized carbons (Fsp3) is 0.333. The van der Waals surface area contributed by atoms with Crippen molar-refractivity contribution >= 4 is 16.9 Å². The van der Waals surface area contributed by atoms with Gasteiger partial charge in [-0.1, -0.05) is 12.1 Å². The SMILES string of the molecule is NC(=O)c1nc2c(C3CCCNC3)cccc2n1-c1ncn[nH]1. The third-order valence-corrected chi connectivity index (χ3v) is 4.29. The summed E-state index contributed by atoms with van der Waals surface area (Å²) in [6.07, 6.45) is 3.63. The maximum absolute atomic E-state index is 11.8. The lowest BCUT2D eigenvalue weighted by Crippen LogP contribution is -2.28. The van der Waals surface area contributed by atoms with Crippen molar-refractivity contribution in [1.82, 2.24) is 30.0 Å². The van der Waals surface area contributed by atoms with Crippen LogP contribution < -0.4 is 11.1 Å². The molecule has 0 aliphatic carbocycles. The second kappa shape index (κ2) is 5.47. The summed E-state index contributed by atoms with van der Waals surface area (Å²) in [5.41, 5.74) is 8.25. The van der Waals surface area contributed by atoms with E-state index in [0.717, 1.165) is 42.5 Å². The average molecular weight is 311 g/mol. The number of piperidine rings is 1. The van der Waals surface area contributed by atoms with Gasteiger partial charge in [0.2, 0.25) is 11.8 Å². The van der Waals surface area contributed by atoms with E-state index in [0.29, 0.717) is 11.9 Å². The van der Waals surface area contributed by atoms with Crippen molar-refractivity contribution in [2.24, 2.45) is 5.73 Å². The van der Waals surface area contributed by atoms with E-state index in [2.05, 4.69) is 31.5 Å². The van der Waals surface area contributed by atoms with Gasteiger partial charge in [0.25, 0.3) is 5.91 Å². The van der Waals surface area contributed by atoms with E-state index in [4.69, 9.17) is 5.73 Å². The van der Waals surface area contributed by atoms with Gasteiger partial charge in [-0.05, 0) is 36.9 Å². The Hall–Kier alpha value is -2.74. The molecule has 1 aliphatic rings. The topological polar surface area (TPSA) is 115 Å².